The molecule has 0 aliphatic heterocycles. The van der Waals surface area contributed by atoms with Crippen molar-refractivity contribution in [3.05, 3.63) is 28.4 Å². The topological polar surface area (TPSA) is 56.5 Å². The van der Waals surface area contributed by atoms with Gasteiger partial charge in [0.2, 0.25) is 11.4 Å². The average Bonchev–Trinajstić information content (AvgIpc) is 2.72. The van der Waals surface area contributed by atoms with Gasteiger partial charge in [0.1, 0.15) is 10.4 Å². The van der Waals surface area contributed by atoms with Crippen molar-refractivity contribution in [1.29, 1.82) is 0 Å². The van der Waals surface area contributed by atoms with E-state index in [1.165, 1.54) is 18.3 Å². The quantitative estimate of drug-likeness (QED) is 0.631. The van der Waals surface area contributed by atoms with Crippen molar-refractivity contribution < 1.29 is 14.3 Å². The average molecular weight is 280 g/mol. The molecule has 0 aliphatic rings. The maximum absolute atomic E-state index is 12.1. The number of amides is 1. The molecule has 2 aromatic rings. The van der Waals surface area contributed by atoms with Gasteiger partial charge in [0.25, 0.3) is 5.01 Å². The highest BCUT2D eigenvalue weighted by Gasteiger charge is 2.17. The fraction of sp³-hybridized carbons (Fsp3) is 0.385. The fourth-order valence-electron chi connectivity index (χ4n) is 1.75. The van der Waals surface area contributed by atoms with E-state index in [1.807, 2.05) is 6.07 Å². The number of aromatic nitrogens is 1. The van der Waals surface area contributed by atoms with Gasteiger partial charge in [0.05, 0.1) is 13.5 Å². The van der Waals surface area contributed by atoms with Crippen LogP contribution in [0.15, 0.2) is 18.2 Å². The predicted molar refractivity (Wildman–Crippen MR) is 74.4 cm³/mol. The zero-order valence-electron chi connectivity index (χ0n) is 11.2. The van der Waals surface area contributed by atoms with Gasteiger partial charge >= 0.3 is 0 Å². The minimum absolute atomic E-state index is 0.000212. The number of hydrogen-bond donors (Lipinski definition) is 0. The molecule has 0 bridgehead atoms. The van der Waals surface area contributed by atoms with E-state index in [0.29, 0.717) is 23.5 Å². The normalized spacial score (nSPS) is 10.7. The number of nitrogens with zero attached hydrogens (tertiary/aromatic N) is 2. The van der Waals surface area contributed by atoms with Crippen LogP contribution < -0.4 is 9.47 Å². The Morgan fingerprint density at radius 2 is 2.26 bits per heavy atom. The highest BCUT2D eigenvalue weighted by Crippen LogP contribution is 2.25. The summed E-state index contributed by atoms with van der Waals surface area (Å²) in [6, 6.07) is 5.39. The van der Waals surface area contributed by atoms with E-state index in [4.69, 9.17) is 4.74 Å². The van der Waals surface area contributed by atoms with Crippen molar-refractivity contribution in [2.75, 3.05) is 20.7 Å². The predicted octanol–water partition coefficient (Wildman–Crippen LogP) is 1.56. The molecule has 0 fully saturated rings. The zero-order valence-corrected chi connectivity index (χ0v) is 12.0. The number of benzene rings is 1. The monoisotopic (exact) mass is 280 g/mol. The number of carbonyl (C=O) groups excluding carboxylic acids is 1. The summed E-state index contributed by atoms with van der Waals surface area (Å²) in [5, 5.41) is 12.8. The van der Waals surface area contributed by atoms with Crippen LogP contribution >= 0.6 is 11.3 Å². The molecule has 0 saturated carbocycles. The summed E-state index contributed by atoms with van der Waals surface area (Å²) in [5.74, 6) is 0.738. The Labute approximate surface area is 115 Å². The Morgan fingerprint density at radius 3 is 2.89 bits per heavy atom. The van der Waals surface area contributed by atoms with Crippen molar-refractivity contribution in [1.82, 2.24) is 4.90 Å². The number of fused-ring (bicyclic) bond motifs is 1. The van der Waals surface area contributed by atoms with Crippen molar-refractivity contribution in [3.63, 3.8) is 0 Å². The van der Waals surface area contributed by atoms with Gasteiger partial charge in [-0.3, -0.25) is 4.79 Å². The van der Waals surface area contributed by atoms with Crippen LogP contribution in [0.4, 0.5) is 0 Å². The second-order valence-electron chi connectivity index (χ2n) is 4.31. The van der Waals surface area contributed by atoms with Crippen LogP contribution in [0, 0.1) is 5.21 Å². The number of ether oxygens (including phenoxy) is 1. The van der Waals surface area contributed by atoms with Crippen LogP contribution in [0.1, 0.15) is 11.9 Å². The molecule has 1 amide bonds. The molecule has 0 aliphatic carbocycles. The number of carbonyl (C=O) groups is 1. The van der Waals surface area contributed by atoms with Crippen LogP contribution in [0.3, 0.4) is 0 Å². The van der Waals surface area contributed by atoms with Crippen LogP contribution in [0.25, 0.3) is 10.2 Å². The fourth-order valence-corrected chi connectivity index (χ4v) is 2.81. The molecule has 0 unspecified atom stereocenters. The van der Waals surface area contributed by atoms with Gasteiger partial charge < -0.3 is 14.8 Å². The Morgan fingerprint density at radius 1 is 1.53 bits per heavy atom. The summed E-state index contributed by atoms with van der Waals surface area (Å²) in [6.45, 7) is 2.06. The molecule has 0 spiro atoms. The molecular weight excluding hydrogens is 264 g/mol. The molecule has 0 saturated heterocycles. The molecule has 1 aromatic carbocycles. The van der Waals surface area contributed by atoms with Crippen molar-refractivity contribution in [3.8, 4) is 5.75 Å². The Bertz CT molecular complexity index is 609. The van der Waals surface area contributed by atoms with Crippen LogP contribution in [0.2, 0.25) is 0 Å². The summed E-state index contributed by atoms with van der Waals surface area (Å²) in [5.41, 5.74) is 0.645. The molecular formula is C13H16N2O3S. The lowest BCUT2D eigenvalue weighted by Crippen LogP contribution is -2.32. The largest absolute Gasteiger partial charge is 0.617 e. The van der Waals surface area contributed by atoms with E-state index >= 15 is 0 Å². The second kappa shape index (κ2) is 5.44. The summed E-state index contributed by atoms with van der Waals surface area (Å²) in [6.07, 6.45) is 0.557. The third kappa shape index (κ3) is 2.78. The summed E-state index contributed by atoms with van der Waals surface area (Å²) >= 11 is 1.44. The first-order chi connectivity index (χ1) is 9.02. The molecule has 5 nitrogen and oxygen atoms in total. The van der Waals surface area contributed by atoms with Crippen molar-refractivity contribution >= 4 is 27.5 Å². The lowest BCUT2D eigenvalue weighted by Gasteiger charge is -2.12. The van der Waals surface area contributed by atoms with E-state index in [0.717, 1.165) is 15.2 Å². The highest BCUT2D eigenvalue weighted by molar-refractivity contribution is 7.18. The van der Waals surface area contributed by atoms with E-state index in [9.17, 15) is 10.0 Å². The summed E-state index contributed by atoms with van der Waals surface area (Å²) in [7, 11) is 3.33. The second-order valence-corrected chi connectivity index (χ2v) is 5.43. The molecule has 6 heteroatoms. The highest BCUT2D eigenvalue weighted by atomic mass is 32.1. The molecule has 0 radical (unpaired) electrons. The first kappa shape index (κ1) is 13.6. The molecule has 2 rings (SSSR count). The van der Waals surface area contributed by atoms with Gasteiger partial charge in [0, 0.05) is 32.6 Å². The van der Waals surface area contributed by atoms with Crippen molar-refractivity contribution in [2.24, 2.45) is 0 Å². The van der Waals surface area contributed by atoms with Gasteiger partial charge in [-0.25, -0.2) is 0 Å². The lowest BCUT2D eigenvalue weighted by atomic mass is 10.3. The van der Waals surface area contributed by atoms with Crippen LogP contribution in [-0.4, -0.2) is 31.5 Å². The minimum atomic E-state index is 0.000212. The summed E-state index contributed by atoms with van der Waals surface area (Å²) in [4.78, 5) is 12.7. The number of hydrogen-bond acceptors (Lipinski definition) is 4. The van der Waals surface area contributed by atoms with Gasteiger partial charge in [-0.2, -0.15) is 4.73 Å². The molecule has 0 atom stereocenters. The van der Waals surface area contributed by atoms with Gasteiger partial charge in [-0.1, -0.05) is 11.3 Å². The molecule has 102 valence electrons. The third-order valence-electron chi connectivity index (χ3n) is 3.04. The Hall–Kier alpha value is -1.82. The van der Waals surface area contributed by atoms with E-state index in [-0.39, 0.29) is 5.91 Å². The van der Waals surface area contributed by atoms with Gasteiger partial charge in [-0.05, 0) is 6.07 Å². The maximum Gasteiger partial charge on any atom is 0.251 e. The van der Waals surface area contributed by atoms with E-state index in [1.54, 1.807) is 31.2 Å². The number of methoxy groups -OCH3 is 1. The molecule has 1 aromatic heterocycles. The number of thiazole rings is 1. The third-order valence-corrected chi connectivity index (χ3v) is 4.19. The number of likely N-dealkylation sites (N-methyl/N-ethyl adjacent to an activating group) is 1. The van der Waals surface area contributed by atoms with E-state index < -0.39 is 0 Å². The van der Waals surface area contributed by atoms with Crippen LogP contribution in [-0.2, 0) is 11.2 Å². The number of rotatable bonds is 4. The Balaban J connectivity index is 2.24. The lowest BCUT2D eigenvalue weighted by molar-refractivity contribution is -0.580. The molecule has 19 heavy (non-hydrogen) atoms. The molecule has 0 N–H and O–H groups in total. The zero-order chi connectivity index (χ0) is 14.0. The Kier molecular flexibility index (Phi) is 3.90. The summed E-state index contributed by atoms with van der Waals surface area (Å²) < 4.78 is 6.98. The SMILES string of the molecule is COc1ccc2c(c1)sc(CCN(C)C(C)=O)[n+]2[O-]. The van der Waals surface area contributed by atoms with Crippen molar-refractivity contribution in [2.45, 2.75) is 13.3 Å². The molecule has 1 heterocycles. The standard InChI is InChI=1S/C13H16N2O3S/c1-9(16)14(2)7-6-13-15(17)11-5-4-10(18-3)8-12(11)19-13/h4-5,8H,6-7H2,1-3H3. The maximum atomic E-state index is 12.1. The smallest absolute Gasteiger partial charge is 0.251 e. The van der Waals surface area contributed by atoms with Gasteiger partial charge in [0.15, 0.2) is 0 Å². The minimum Gasteiger partial charge on any atom is -0.617 e. The van der Waals surface area contributed by atoms with Crippen LogP contribution in [0.5, 0.6) is 5.75 Å². The first-order valence-corrected chi connectivity index (χ1v) is 6.75. The first-order valence-electron chi connectivity index (χ1n) is 5.93. The van der Waals surface area contributed by atoms with Gasteiger partial charge in [-0.15, -0.1) is 0 Å². The van der Waals surface area contributed by atoms with E-state index in [2.05, 4.69) is 0 Å².